The van der Waals surface area contributed by atoms with Crippen molar-refractivity contribution >= 4 is 27.3 Å². The largest absolute Gasteiger partial charge is 0.378 e. The van der Waals surface area contributed by atoms with Gasteiger partial charge in [0.15, 0.2) is 0 Å². The van der Waals surface area contributed by atoms with Crippen molar-refractivity contribution in [1.82, 2.24) is 14.5 Å². The van der Waals surface area contributed by atoms with Gasteiger partial charge in [0.2, 0.25) is 10.0 Å². The number of halogens is 1. The molecule has 1 saturated heterocycles. The first-order valence-electron chi connectivity index (χ1n) is 9.71. The highest BCUT2D eigenvalue weighted by atomic mass is 35.5. The smallest absolute Gasteiger partial charge is 0.240 e. The lowest BCUT2D eigenvalue weighted by molar-refractivity contribution is 0.113. The Morgan fingerprint density at radius 2 is 1.72 bits per heavy atom. The normalized spacial score (nSPS) is 17.2. The van der Waals surface area contributed by atoms with Crippen LogP contribution in [0.5, 0.6) is 0 Å². The first-order valence-corrected chi connectivity index (χ1v) is 11.6. The lowest BCUT2D eigenvalue weighted by Crippen LogP contribution is -2.48. The van der Waals surface area contributed by atoms with Gasteiger partial charge in [0.25, 0.3) is 0 Å². The Labute approximate surface area is 179 Å². The molecule has 29 heavy (non-hydrogen) atoms. The van der Waals surface area contributed by atoms with Crippen LogP contribution in [0, 0.1) is 0 Å². The van der Waals surface area contributed by atoms with Crippen LogP contribution < -0.4 is 9.62 Å². The second kappa shape index (κ2) is 9.45. The number of sulfonamides is 1. The number of benzene rings is 2. The van der Waals surface area contributed by atoms with Crippen LogP contribution in [0.25, 0.3) is 0 Å². The lowest BCUT2D eigenvalue weighted by Gasteiger charge is -2.38. The van der Waals surface area contributed by atoms with Gasteiger partial charge in [0, 0.05) is 63.6 Å². The van der Waals surface area contributed by atoms with Crippen molar-refractivity contribution in [3.05, 3.63) is 59.1 Å². The van der Waals surface area contributed by atoms with Crippen molar-refractivity contribution in [2.75, 3.05) is 58.8 Å². The second-order valence-corrected chi connectivity index (χ2v) is 9.85. The van der Waals surface area contributed by atoms with E-state index >= 15 is 0 Å². The summed E-state index contributed by atoms with van der Waals surface area (Å²) in [7, 11) is 2.49. The van der Waals surface area contributed by atoms with Crippen LogP contribution in [0.4, 0.5) is 5.69 Å². The summed E-state index contributed by atoms with van der Waals surface area (Å²) in [5.41, 5.74) is 2.22. The van der Waals surface area contributed by atoms with E-state index in [1.54, 1.807) is 18.2 Å². The van der Waals surface area contributed by atoms with Crippen LogP contribution in [0.2, 0.25) is 5.02 Å². The SMILES string of the molecule is CN1CCN([C@H](CNS(=O)(=O)c2cccc(Cl)c2)c2ccc(N(C)C)cc2)CC1. The fourth-order valence-electron chi connectivity index (χ4n) is 3.49. The van der Waals surface area contributed by atoms with E-state index in [4.69, 9.17) is 11.6 Å². The molecule has 1 atom stereocenters. The number of nitrogens with one attached hydrogen (secondary N) is 1. The number of nitrogens with zero attached hydrogens (tertiary/aromatic N) is 3. The van der Waals surface area contributed by atoms with Gasteiger partial charge < -0.3 is 9.80 Å². The van der Waals surface area contributed by atoms with Crippen LogP contribution in [0.15, 0.2) is 53.4 Å². The van der Waals surface area contributed by atoms with Crippen molar-refractivity contribution in [2.24, 2.45) is 0 Å². The average Bonchev–Trinajstić information content (AvgIpc) is 2.70. The van der Waals surface area contributed by atoms with Gasteiger partial charge in [0.1, 0.15) is 0 Å². The maximum absolute atomic E-state index is 12.8. The molecule has 2 aromatic rings. The quantitative estimate of drug-likeness (QED) is 0.723. The van der Waals surface area contributed by atoms with Crippen molar-refractivity contribution in [3.63, 3.8) is 0 Å². The summed E-state index contributed by atoms with van der Waals surface area (Å²) in [6.07, 6.45) is 0. The van der Waals surface area contributed by atoms with Gasteiger partial charge >= 0.3 is 0 Å². The Morgan fingerprint density at radius 1 is 1.07 bits per heavy atom. The fourth-order valence-corrected chi connectivity index (χ4v) is 4.83. The Morgan fingerprint density at radius 3 is 2.31 bits per heavy atom. The molecule has 1 fully saturated rings. The molecule has 8 heteroatoms. The number of anilines is 1. The van der Waals surface area contributed by atoms with Gasteiger partial charge in [-0.25, -0.2) is 13.1 Å². The standard InChI is InChI=1S/C21H29ClN4O2S/c1-24(2)19-9-7-17(8-10-19)21(26-13-11-25(3)12-14-26)16-23-29(27,28)20-6-4-5-18(22)15-20/h4-10,15,21,23H,11-14,16H2,1-3H3/t21-/m1/s1. The number of piperazine rings is 1. The van der Waals surface area contributed by atoms with Gasteiger partial charge in [-0.1, -0.05) is 29.8 Å². The molecular formula is C21H29ClN4O2S. The minimum Gasteiger partial charge on any atom is -0.378 e. The summed E-state index contributed by atoms with van der Waals surface area (Å²) in [5, 5.41) is 0.405. The molecule has 1 aliphatic heterocycles. The first kappa shape index (κ1) is 22.1. The number of rotatable bonds is 7. The van der Waals surface area contributed by atoms with E-state index in [1.165, 1.54) is 6.07 Å². The van der Waals surface area contributed by atoms with E-state index in [0.29, 0.717) is 11.6 Å². The van der Waals surface area contributed by atoms with Crippen LogP contribution in [-0.4, -0.2) is 72.1 Å². The molecule has 2 aromatic carbocycles. The van der Waals surface area contributed by atoms with Gasteiger partial charge in [-0.2, -0.15) is 0 Å². The summed E-state index contributed by atoms with van der Waals surface area (Å²) in [6, 6.07) is 14.6. The van der Waals surface area contributed by atoms with Gasteiger partial charge in [0.05, 0.1) is 4.90 Å². The highest BCUT2D eigenvalue weighted by Gasteiger charge is 2.26. The molecule has 0 bridgehead atoms. The Kier molecular flexibility index (Phi) is 7.19. The summed E-state index contributed by atoms with van der Waals surface area (Å²) in [6.45, 7) is 4.03. The molecule has 3 rings (SSSR count). The van der Waals surface area contributed by atoms with E-state index in [-0.39, 0.29) is 10.9 Å². The van der Waals surface area contributed by atoms with Crippen LogP contribution in [0.3, 0.4) is 0 Å². The van der Waals surface area contributed by atoms with Gasteiger partial charge in [-0.3, -0.25) is 4.90 Å². The maximum atomic E-state index is 12.8. The zero-order chi connectivity index (χ0) is 21.0. The summed E-state index contributed by atoms with van der Waals surface area (Å²) in [5.74, 6) is 0. The molecule has 0 unspecified atom stereocenters. The minimum absolute atomic E-state index is 0.0335. The van der Waals surface area contributed by atoms with Crippen molar-refractivity contribution in [1.29, 1.82) is 0 Å². The number of hydrogen-bond acceptors (Lipinski definition) is 5. The topological polar surface area (TPSA) is 55.9 Å². The van der Waals surface area contributed by atoms with Crippen LogP contribution in [-0.2, 0) is 10.0 Å². The third-order valence-corrected chi connectivity index (χ3v) is 7.00. The zero-order valence-corrected chi connectivity index (χ0v) is 18.7. The number of likely N-dealkylation sites (N-methyl/N-ethyl adjacent to an activating group) is 1. The Bertz CT molecular complexity index is 911. The van der Waals surface area contributed by atoms with E-state index in [1.807, 2.05) is 14.1 Å². The monoisotopic (exact) mass is 436 g/mol. The Hall–Kier alpha value is -1.64. The lowest BCUT2D eigenvalue weighted by atomic mass is 10.0. The average molecular weight is 437 g/mol. The maximum Gasteiger partial charge on any atom is 0.240 e. The molecule has 1 aliphatic rings. The van der Waals surface area contributed by atoms with Gasteiger partial charge in [-0.05, 0) is 42.9 Å². The minimum atomic E-state index is -3.64. The van der Waals surface area contributed by atoms with E-state index in [2.05, 4.69) is 50.7 Å². The Balaban J connectivity index is 1.81. The molecule has 0 spiro atoms. The molecule has 0 aromatic heterocycles. The summed E-state index contributed by atoms with van der Waals surface area (Å²) >= 11 is 5.98. The molecule has 0 saturated carbocycles. The summed E-state index contributed by atoms with van der Waals surface area (Å²) in [4.78, 5) is 6.88. The molecule has 1 N–H and O–H groups in total. The third kappa shape index (κ3) is 5.71. The molecule has 6 nitrogen and oxygen atoms in total. The fraction of sp³-hybridized carbons (Fsp3) is 0.429. The molecule has 158 valence electrons. The summed E-state index contributed by atoms with van der Waals surface area (Å²) < 4.78 is 28.4. The highest BCUT2D eigenvalue weighted by molar-refractivity contribution is 7.89. The highest BCUT2D eigenvalue weighted by Crippen LogP contribution is 2.25. The molecule has 0 radical (unpaired) electrons. The van der Waals surface area contributed by atoms with Crippen molar-refractivity contribution < 1.29 is 8.42 Å². The predicted octanol–water partition coefficient (Wildman–Crippen LogP) is 2.67. The second-order valence-electron chi connectivity index (χ2n) is 7.65. The van der Waals surface area contributed by atoms with Crippen molar-refractivity contribution in [3.8, 4) is 0 Å². The van der Waals surface area contributed by atoms with E-state index in [9.17, 15) is 8.42 Å². The zero-order valence-electron chi connectivity index (χ0n) is 17.2. The van der Waals surface area contributed by atoms with E-state index in [0.717, 1.165) is 37.4 Å². The van der Waals surface area contributed by atoms with E-state index < -0.39 is 10.0 Å². The van der Waals surface area contributed by atoms with Crippen molar-refractivity contribution in [2.45, 2.75) is 10.9 Å². The molecule has 0 aliphatic carbocycles. The first-order chi connectivity index (χ1) is 13.8. The predicted molar refractivity (Wildman–Crippen MR) is 119 cm³/mol. The molecular weight excluding hydrogens is 408 g/mol. The number of hydrogen-bond donors (Lipinski definition) is 1. The van der Waals surface area contributed by atoms with Crippen LogP contribution in [0.1, 0.15) is 11.6 Å². The molecule has 0 amide bonds. The third-order valence-electron chi connectivity index (χ3n) is 5.35. The molecule has 1 heterocycles. The van der Waals surface area contributed by atoms with Gasteiger partial charge in [-0.15, -0.1) is 0 Å². The van der Waals surface area contributed by atoms with Crippen LogP contribution >= 0.6 is 11.6 Å².